The molecule has 1 aromatic rings. The topological polar surface area (TPSA) is 36.4 Å². The molecule has 1 N–H and O–H groups in total. The van der Waals surface area contributed by atoms with Crippen molar-refractivity contribution in [1.82, 2.24) is 4.98 Å². The van der Waals surface area contributed by atoms with E-state index in [2.05, 4.69) is 30.7 Å². The minimum Gasteiger partial charge on any atom is -0.389 e. The number of aliphatic hydroxyl groups is 1. The molecule has 0 amide bonds. The lowest BCUT2D eigenvalue weighted by Gasteiger charge is -2.30. The maximum atomic E-state index is 9.92. The van der Waals surface area contributed by atoms with Crippen LogP contribution in [0.2, 0.25) is 0 Å². The van der Waals surface area contributed by atoms with Crippen molar-refractivity contribution in [2.45, 2.75) is 53.1 Å². The number of hydrogen-bond donors (Lipinski definition) is 1. The molecule has 2 atom stereocenters. The maximum Gasteiger partial charge on any atom is 0.134 e. The third kappa shape index (κ3) is 3.51. The van der Waals surface area contributed by atoms with Gasteiger partial charge in [-0.25, -0.2) is 4.98 Å². The van der Waals surface area contributed by atoms with E-state index >= 15 is 0 Å². The number of aromatic nitrogens is 1. The summed E-state index contributed by atoms with van der Waals surface area (Å²) in [7, 11) is 0. The van der Waals surface area contributed by atoms with Crippen LogP contribution >= 0.6 is 0 Å². The quantitative estimate of drug-likeness (QED) is 0.893. The summed E-state index contributed by atoms with van der Waals surface area (Å²) >= 11 is 0. The maximum absolute atomic E-state index is 9.92. The van der Waals surface area contributed by atoms with E-state index in [0.29, 0.717) is 5.41 Å². The number of rotatable bonds is 2. The Kier molecular flexibility index (Phi) is 4.69. The fourth-order valence-electron chi connectivity index (χ4n) is 3.17. The molecule has 0 saturated carbocycles. The van der Waals surface area contributed by atoms with E-state index in [9.17, 15) is 5.11 Å². The molecule has 0 aliphatic carbocycles. The van der Waals surface area contributed by atoms with Crippen LogP contribution in [0.4, 0.5) is 5.82 Å². The molecule has 1 aliphatic rings. The van der Waals surface area contributed by atoms with Crippen LogP contribution < -0.4 is 4.90 Å². The lowest BCUT2D eigenvalue weighted by molar-refractivity contribution is 0.199. The zero-order valence-electron chi connectivity index (χ0n) is 13.3. The molecule has 112 valence electrons. The van der Waals surface area contributed by atoms with Gasteiger partial charge in [0, 0.05) is 24.8 Å². The summed E-state index contributed by atoms with van der Waals surface area (Å²) in [6.07, 6.45) is 5.07. The highest BCUT2D eigenvalue weighted by molar-refractivity contribution is 5.47. The number of hydrogen-bond acceptors (Lipinski definition) is 3. The molecule has 1 fully saturated rings. The van der Waals surface area contributed by atoms with Crippen molar-refractivity contribution in [3.63, 3.8) is 0 Å². The second-order valence-corrected chi connectivity index (χ2v) is 7.07. The van der Waals surface area contributed by atoms with Gasteiger partial charge in [0.2, 0.25) is 0 Å². The van der Waals surface area contributed by atoms with Crippen molar-refractivity contribution in [2.24, 2.45) is 11.3 Å². The second-order valence-electron chi connectivity index (χ2n) is 7.07. The van der Waals surface area contributed by atoms with Crippen molar-refractivity contribution >= 4 is 5.82 Å². The smallest absolute Gasteiger partial charge is 0.134 e. The summed E-state index contributed by atoms with van der Waals surface area (Å²) in [4.78, 5) is 6.87. The summed E-state index contributed by atoms with van der Waals surface area (Å²) in [6.45, 7) is 10.9. The Balaban J connectivity index is 2.15. The van der Waals surface area contributed by atoms with Crippen molar-refractivity contribution in [1.29, 1.82) is 0 Å². The van der Waals surface area contributed by atoms with Gasteiger partial charge in [0.1, 0.15) is 5.82 Å². The van der Waals surface area contributed by atoms with Gasteiger partial charge < -0.3 is 10.0 Å². The fraction of sp³-hybridized carbons (Fsp3) is 0.706. The predicted octanol–water partition coefficient (Wildman–Crippen LogP) is 3.79. The Hall–Kier alpha value is -1.09. The third-order valence-corrected chi connectivity index (χ3v) is 4.52. The molecule has 3 nitrogen and oxygen atoms in total. The van der Waals surface area contributed by atoms with E-state index in [1.807, 2.05) is 25.3 Å². The van der Waals surface area contributed by atoms with Crippen LogP contribution in [0.25, 0.3) is 0 Å². The number of anilines is 1. The molecule has 0 spiro atoms. The van der Waals surface area contributed by atoms with Crippen molar-refractivity contribution < 1.29 is 5.11 Å². The van der Waals surface area contributed by atoms with Gasteiger partial charge in [-0.05, 0) is 43.6 Å². The van der Waals surface area contributed by atoms with Crippen LogP contribution in [0.1, 0.15) is 58.6 Å². The lowest BCUT2D eigenvalue weighted by Crippen LogP contribution is -2.28. The first kappa shape index (κ1) is 15.3. The fourth-order valence-corrected chi connectivity index (χ4v) is 3.17. The lowest BCUT2D eigenvalue weighted by atomic mass is 9.77. The number of pyridine rings is 1. The van der Waals surface area contributed by atoms with Crippen LogP contribution in [-0.4, -0.2) is 23.2 Å². The minimum absolute atomic E-state index is 0.382. The molecule has 0 radical (unpaired) electrons. The van der Waals surface area contributed by atoms with Crippen LogP contribution in [0, 0.1) is 11.3 Å². The van der Waals surface area contributed by atoms with E-state index in [1.165, 1.54) is 19.3 Å². The van der Waals surface area contributed by atoms with Gasteiger partial charge in [-0.15, -0.1) is 0 Å². The highest BCUT2D eigenvalue weighted by Crippen LogP contribution is 2.35. The average Bonchev–Trinajstić information content (AvgIpc) is 2.63. The third-order valence-electron chi connectivity index (χ3n) is 4.52. The summed E-state index contributed by atoms with van der Waals surface area (Å²) in [6, 6.07) is 3.89. The van der Waals surface area contributed by atoms with Gasteiger partial charge in [-0.2, -0.15) is 0 Å². The van der Waals surface area contributed by atoms with Gasteiger partial charge in [-0.3, -0.25) is 0 Å². The molecule has 3 heteroatoms. The highest BCUT2D eigenvalue weighted by Gasteiger charge is 2.28. The summed E-state index contributed by atoms with van der Waals surface area (Å²) in [5.41, 5.74) is 1.33. The Bertz CT molecular complexity index is 437. The Morgan fingerprint density at radius 3 is 2.70 bits per heavy atom. The van der Waals surface area contributed by atoms with E-state index in [4.69, 9.17) is 0 Å². The molecule has 1 aromatic heterocycles. The van der Waals surface area contributed by atoms with E-state index < -0.39 is 6.10 Å². The molecular formula is C17H28N2O. The van der Waals surface area contributed by atoms with Crippen LogP contribution in [0.3, 0.4) is 0 Å². The monoisotopic (exact) mass is 276 g/mol. The van der Waals surface area contributed by atoms with Crippen LogP contribution in [0.5, 0.6) is 0 Å². The Morgan fingerprint density at radius 2 is 2.05 bits per heavy atom. The summed E-state index contributed by atoms with van der Waals surface area (Å²) in [5, 5.41) is 9.92. The molecule has 20 heavy (non-hydrogen) atoms. The van der Waals surface area contributed by atoms with Gasteiger partial charge >= 0.3 is 0 Å². The summed E-state index contributed by atoms with van der Waals surface area (Å²) in [5.74, 6) is 1.74. The molecule has 0 bridgehead atoms. The van der Waals surface area contributed by atoms with Gasteiger partial charge in [-0.1, -0.05) is 26.8 Å². The normalized spacial score (nSPS) is 22.4. The predicted molar refractivity (Wildman–Crippen MR) is 83.9 cm³/mol. The zero-order chi connectivity index (χ0) is 14.8. The Morgan fingerprint density at radius 1 is 1.30 bits per heavy atom. The first-order valence-corrected chi connectivity index (χ1v) is 7.77. The molecule has 1 unspecified atom stereocenters. The van der Waals surface area contributed by atoms with Gasteiger partial charge in [0.05, 0.1) is 6.10 Å². The van der Waals surface area contributed by atoms with Gasteiger partial charge in [0.15, 0.2) is 0 Å². The van der Waals surface area contributed by atoms with Crippen LogP contribution in [-0.2, 0) is 0 Å². The highest BCUT2D eigenvalue weighted by atomic mass is 16.3. The van der Waals surface area contributed by atoms with Crippen molar-refractivity contribution in [2.75, 3.05) is 18.0 Å². The Labute approximate surface area is 123 Å². The molecular weight excluding hydrogens is 248 g/mol. The van der Waals surface area contributed by atoms with Crippen molar-refractivity contribution in [3.05, 3.63) is 23.9 Å². The zero-order valence-corrected chi connectivity index (χ0v) is 13.3. The van der Waals surface area contributed by atoms with Crippen molar-refractivity contribution in [3.8, 4) is 0 Å². The molecule has 0 aromatic carbocycles. The molecule has 1 saturated heterocycles. The largest absolute Gasteiger partial charge is 0.389 e. The summed E-state index contributed by atoms with van der Waals surface area (Å²) < 4.78 is 0. The van der Waals surface area contributed by atoms with E-state index in [0.717, 1.165) is 30.4 Å². The van der Waals surface area contributed by atoms with Gasteiger partial charge in [0.25, 0.3) is 0 Å². The van der Waals surface area contributed by atoms with E-state index in [-0.39, 0.29) is 0 Å². The molecule has 2 heterocycles. The molecule has 1 aliphatic heterocycles. The SMILES string of the molecule is C[C@H](O)c1cccnc1N1CCCC(C(C)(C)C)CC1. The van der Waals surface area contributed by atoms with E-state index in [1.54, 1.807) is 0 Å². The standard InChI is InChI=1S/C17H28N2O/c1-13(20)15-8-5-10-18-16(15)19-11-6-7-14(9-12-19)17(2,3)4/h5,8,10,13-14,20H,6-7,9,11-12H2,1-4H3/t13-,14?/m0/s1. The second kappa shape index (κ2) is 6.13. The molecule has 2 rings (SSSR count). The number of nitrogens with zero attached hydrogens (tertiary/aromatic N) is 2. The van der Waals surface area contributed by atoms with Crippen LogP contribution in [0.15, 0.2) is 18.3 Å². The average molecular weight is 276 g/mol. The first-order valence-electron chi connectivity index (χ1n) is 7.77. The number of aliphatic hydroxyl groups excluding tert-OH is 1. The minimum atomic E-state index is -0.458. The first-order chi connectivity index (χ1) is 9.39.